The third-order valence-corrected chi connectivity index (χ3v) is 7.37. The van der Waals surface area contributed by atoms with Crippen LogP contribution in [0, 0.1) is 5.92 Å². The highest BCUT2D eigenvalue weighted by Gasteiger charge is 2.73. The first kappa shape index (κ1) is 31.1. The normalized spacial score (nSPS) is 14.7. The number of amides is 1. The van der Waals surface area contributed by atoms with Crippen LogP contribution in [0.15, 0.2) is 51.5 Å². The first-order valence-corrected chi connectivity index (χ1v) is 13.1. The van der Waals surface area contributed by atoms with E-state index >= 15 is 0 Å². The summed E-state index contributed by atoms with van der Waals surface area (Å²) < 4.78 is 133. The second-order valence-corrected chi connectivity index (χ2v) is 10.8. The molecule has 2 N–H and O–H groups in total. The molecule has 0 spiro atoms. The van der Waals surface area contributed by atoms with Crippen LogP contribution in [0.25, 0.3) is 5.69 Å². The topological polar surface area (TPSA) is 59.0 Å². The molecule has 2 aromatic carbocycles. The maximum Gasteiger partial charge on any atom is 0.435 e. The van der Waals surface area contributed by atoms with E-state index in [1.54, 1.807) is 0 Å². The smallest absolute Gasteiger partial charge is 0.383 e. The molecule has 1 saturated carbocycles. The number of benzene rings is 2. The zero-order chi connectivity index (χ0) is 30.5. The molecule has 41 heavy (non-hydrogen) atoms. The zero-order valence-electron chi connectivity index (χ0n) is 20.1. The van der Waals surface area contributed by atoms with Crippen molar-refractivity contribution in [1.82, 2.24) is 9.78 Å². The molecule has 0 atom stereocenters. The highest BCUT2D eigenvalue weighted by atomic mass is 79.9. The number of hydrogen-bond donors (Lipinski definition) is 2. The van der Waals surface area contributed by atoms with Crippen LogP contribution in [0.3, 0.4) is 0 Å². The van der Waals surface area contributed by atoms with Crippen molar-refractivity contribution < 1.29 is 48.7 Å². The van der Waals surface area contributed by atoms with Crippen LogP contribution < -0.4 is 10.6 Å². The number of halogens is 12. The summed E-state index contributed by atoms with van der Waals surface area (Å²) in [5, 5.41) is 8.91. The molecule has 222 valence electrons. The summed E-state index contributed by atoms with van der Waals surface area (Å²) in [6, 6.07) is 5.13. The molecule has 3 aromatic rings. The van der Waals surface area contributed by atoms with Crippen molar-refractivity contribution >= 4 is 49.1 Å². The summed E-state index contributed by atoms with van der Waals surface area (Å²) in [4.78, 5) is 13.0. The Kier molecular flexibility index (Phi) is 8.19. The minimum absolute atomic E-state index is 0.0662. The average molecular weight is 726 g/mol. The number of carbonyl (C=O) groups excluding carboxylic acids is 1. The van der Waals surface area contributed by atoms with Crippen LogP contribution in [-0.2, 0) is 11.8 Å². The van der Waals surface area contributed by atoms with E-state index in [2.05, 4.69) is 47.6 Å². The first-order chi connectivity index (χ1) is 18.8. The largest absolute Gasteiger partial charge is 0.435 e. The first-order valence-electron chi connectivity index (χ1n) is 11.5. The summed E-state index contributed by atoms with van der Waals surface area (Å²) in [6.07, 6.45) is -14.4. The number of hydrogen-bond acceptors (Lipinski definition) is 3. The highest BCUT2D eigenvalue weighted by molar-refractivity contribution is 9.11. The molecule has 0 unspecified atom stereocenters. The molecular formula is C24H16Br2F10N4O. The van der Waals surface area contributed by atoms with Crippen molar-refractivity contribution in [3.05, 3.63) is 68.4 Å². The van der Waals surface area contributed by atoms with Gasteiger partial charge in [0.2, 0.25) is 0 Å². The number of rotatable bonds is 7. The van der Waals surface area contributed by atoms with Gasteiger partial charge in [-0.3, -0.25) is 4.79 Å². The van der Waals surface area contributed by atoms with E-state index in [-0.39, 0.29) is 34.8 Å². The van der Waals surface area contributed by atoms with Gasteiger partial charge in [0.05, 0.1) is 17.1 Å². The molecule has 1 fully saturated rings. The Morgan fingerprint density at radius 2 is 1.49 bits per heavy atom. The Morgan fingerprint density at radius 3 is 1.98 bits per heavy atom. The fourth-order valence-corrected chi connectivity index (χ4v) is 5.15. The Hall–Kier alpha value is -2.82. The third kappa shape index (κ3) is 6.34. The van der Waals surface area contributed by atoms with Crippen molar-refractivity contribution in [2.24, 2.45) is 5.92 Å². The van der Waals surface area contributed by atoms with E-state index < -0.39 is 50.3 Å². The number of anilines is 2. The van der Waals surface area contributed by atoms with Gasteiger partial charge in [-0.2, -0.15) is 44.6 Å². The lowest BCUT2D eigenvalue weighted by Crippen LogP contribution is -2.50. The zero-order valence-corrected chi connectivity index (χ0v) is 23.3. The molecule has 17 heteroatoms. The summed E-state index contributed by atoms with van der Waals surface area (Å²) in [5.74, 6) is -0.556. The molecule has 0 radical (unpaired) electrons. The molecule has 1 heterocycles. The maximum atomic E-state index is 14.5. The molecule has 0 saturated heterocycles. The quantitative estimate of drug-likeness (QED) is 0.240. The predicted octanol–water partition coefficient (Wildman–Crippen LogP) is 8.78. The van der Waals surface area contributed by atoms with E-state index in [0.29, 0.717) is 12.5 Å². The molecule has 0 aliphatic heterocycles. The number of carbonyl (C=O) groups is 1. The second kappa shape index (κ2) is 10.8. The Morgan fingerprint density at radius 1 is 0.902 bits per heavy atom. The molecule has 0 bridgehead atoms. The molecular weight excluding hydrogens is 710 g/mol. The van der Waals surface area contributed by atoms with Crippen LogP contribution >= 0.6 is 31.9 Å². The van der Waals surface area contributed by atoms with E-state index in [1.807, 2.05) is 0 Å². The van der Waals surface area contributed by atoms with E-state index in [0.717, 1.165) is 29.8 Å². The van der Waals surface area contributed by atoms with Crippen LogP contribution in [0.2, 0.25) is 0 Å². The fourth-order valence-electron chi connectivity index (χ4n) is 3.77. The SMILES string of the molecule is O=C(Nc1c(Br)cc(C(F)(C(F)(F)F)C(F)(F)F)cc1Br)c1ccc(-n2ccc(C(F)(F)F)n2)c(NCC2CC2)c1. The molecule has 1 aliphatic carbocycles. The maximum absolute atomic E-state index is 14.5. The van der Waals surface area contributed by atoms with Gasteiger partial charge in [0, 0.05) is 32.8 Å². The number of nitrogens with one attached hydrogen (secondary N) is 2. The lowest BCUT2D eigenvalue weighted by atomic mass is 9.94. The summed E-state index contributed by atoms with van der Waals surface area (Å²) in [5.41, 5.74) is -8.55. The predicted molar refractivity (Wildman–Crippen MR) is 134 cm³/mol. The minimum atomic E-state index is -6.34. The van der Waals surface area contributed by atoms with Crippen molar-refractivity contribution in [2.45, 2.75) is 37.0 Å². The Labute approximate surface area is 241 Å². The molecule has 1 aliphatic rings. The highest BCUT2D eigenvalue weighted by Crippen LogP contribution is 2.54. The standard InChI is InChI=1S/C24H16Br2F10N4O/c25-14-8-13(21(27,23(31,32)33)24(34,35)36)9-15(26)19(14)38-20(41)12-3-4-17(16(7-12)37-10-11-1-2-11)40-6-5-18(39-40)22(28,29)30/h3-9,11,37H,1-2,10H2,(H,38,41). The van der Waals surface area contributed by atoms with E-state index in [9.17, 15) is 48.7 Å². The molecule has 4 rings (SSSR count). The summed E-state index contributed by atoms with van der Waals surface area (Å²) >= 11 is 5.57. The van der Waals surface area contributed by atoms with E-state index in [1.165, 1.54) is 18.2 Å². The third-order valence-electron chi connectivity index (χ3n) is 6.12. The van der Waals surface area contributed by atoms with Gasteiger partial charge in [-0.1, -0.05) is 0 Å². The number of alkyl halides is 10. The summed E-state index contributed by atoms with van der Waals surface area (Å²) in [6.45, 7) is 0.452. The fraction of sp³-hybridized carbons (Fsp3) is 0.333. The van der Waals surface area contributed by atoms with Crippen molar-refractivity contribution in [1.29, 1.82) is 0 Å². The van der Waals surface area contributed by atoms with Gasteiger partial charge in [-0.05, 0) is 87.0 Å². The minimum Gasteiger partial charge on any atom is -0.383 e. The lowest BCUT2D eigenvalue weighted by molar-refractivity contribution is -0.348. The molecule has 5 nitrogen and oxygen atoms in total. The molecule has 1 amide bonds. The summed E-state index contributed by atoms with van der Waals surface area (Å²) in [7, 11) is 0. The molecule has 1 aromatic heterocycles. The van der Waals surface area contributed by atoms with Gasteiger partial charge in [0.25, 0.3) is 5.91 Å². The van der Waals surface area contributed by atoms with Gasteiger partial charge >= 0.3 is 24.2 Å². The second-order valence-electron chi connectivity index (χ2n) is 9.12. The van der Waals surface area contributed by atoms with E-state index in [4.69, 9.17) is 0 Å². The van der Waals surface area contributed by atoms with Crippen LogP contribution in [0.5, 0.6) is 0 Å². The van der Waals surface area contributed by atoms with Gasteiger partial charge in [-0.15, -0.1) is 0 Å². The Balaban J connectivity index is 1.66. The monoisotopic (exact) mass is 724 g/mol. The van der Waals surface area contributed by atoms with Gasteiger partial charge < -0.3 is 10.6 Å². The number of aromatic nitrogens is 2. The van der Waals surface area contributed by atoms with Gasteiger partial charge in [-0.25, -0.2) is 9.07 Å². The average Bonchev–Trinajstić information content (AvgIpc) is 3.54. The van der Waals surface area contributed by atoms with Crippen LogP contribution in [-0.4, -0.2) is 34.6 Å². The van der Waals surface area contributed by atoms with Crippen molar-refractivity contribution in [3.8, 4) is 5.69 Å². The van der Waals surface area contributed by atoms with Gasteiger partial charge in [0.15, 0.2) is 5.69 Å². The Bertz CT molecular complexity index is 1420. The number of nitrogens with zero attached hydrogens (tertiary/aromatic N) is 2. The van der Waals surface area contributed by atoms with Crippen molar-refractivity contribution in [2.75, 3.05) is 17.2 Å². The lowest BCUT2D eigenvalue weighted by Gasteiger charge is -2.31. The van der Waals surface area contributed by atoms with Gasteiger partial charge in [0.1, 0.15) is 0 Å². The van der Waals surface area contributed by atoms with Crippen LogP contribution in [0.1, 0.15) is 34.5 Å². The van der Waals surface area contributed by atoms with Crippen molar-refractivity contribution in [3.63, 3.8) is 0 Å². The van der Waals surface area contributed by atoms with Crippen LogP contribution in [0.4, 0.5) is 55.3 Å².